The zero-order chi connectivity index (χ0) is 24.0. The molecular formula is C27H34Cl2N2O2. The highest BCUT2D eigenvalue weighted by Gasteiger charge is 2.50. The highest BCUT2D eigenvalue weighted by Crippen LogP contribution is 2.52. The van der Waals surface area contributed by atoms with E-state index in [2.05, 4.69) is 29.8 Å². The summed E-state index contributed by atoms with van der Waals surface area (Å²) in [5, 5.41) is 13.9. The summed E-state index contributed by atoms with van der Waals surface area (Å²) in [6.07, 6.45) is 3.94. The highest BCUT2D eigenvalue weighted by atomic mass is 35.5. The lowest BCUT2D eigenvalue weighted by Gasteiger charge is -2.52. The molecule has 2 unspecified atom stereocenters. The number of carbonyl (C=O) groups is 1. The predicted octanol–water partition coefficient (Wildman–Crippen LogP) is 5.99. The first-order valence-electron chi connectivity index (χ1n) is 11.6. The van der Waals surface area contributed by atoms with Gasteiger partial charge in [-0.2, -0.15) is 0 Å². The summed E-state index contributed by atoms with van der Waals surface area (Å²) in [5.74, 6) is 0.192. The van der Waals surface area contributed by atoms with Gasteiger partial charge >= 0.3 is 0 Å². The normalized spacial score (nSPS) is 24.0. The molecule has 0 aliphatic carbocycles. The largest absolute Gasteiger partial charge is 0.395 e. The van der Waals surface area contributed by atoms with Crippen molar-refractivity contribution in [2.24, 2.45) is 5.41 Å². The number of aliphatic hydroxyl groups excluding tert-OH is 1. The van der Waals surface area contributed by atoms with Gasteiger partial charge in [-0.3, -0.25) is 4.79 Å². The number of hydrogen-bond donors (Lipinski definition) is 2. The minimum absolute atomic E-state index is 0.0316. The van der Waals surface area contributed by atoms with Crippen LogP contribution in [-0.2, 0) is 4.79 Å². The lowest BCUT2D eigenvalue weighted by molar-refractivity contribution is -0.154. The maximum absolute atomic E-state index is 14.1. The molecule has 178 valence electrons. The van der Waals surface area contributed by atoms with Crippen molar-refractivity contribution in [2.75, 3.05) is 19.7 Å². The van der Waals surface area contributed by atoms with Crippen LogP contribution in [0.25, 0.3) is 0 Å². The molecule has 3 rings (SSSR count). The second kappa shape index (κ2) is 11.5. The smallest absolute Gasteiger partial charge is 0.229 e. The van der Waals surface area contributed by atoms with Crippen molar-refractivity contribution in [3.8, 4) is 0 Å². The average molecular weight is 489 g/mol. The Kier molecular flexibility index (Phi) is 9.00. The molecule has 1 amide bonds. The van der Waals surface area contributed by atoms with Crippen molar-refractivity contribution >= 4 is 29.1 Å². The summed E-state index contributed by atoms with van der Waals surface area (Å²) in [4.78, 5) is 16.2. The number of benzene rings is 2. The number of rotatable bonds is 10. The van der Waals surface area contributed by atoms with Crippen LogP contribution in [0.15, 0.2) is 61.2 Å². The third kappa shape index (κ3) is 5.81. The Bertz CT molecular complexity index is 949. The third-order valence-electron chi connectivity index (χ3n) is 6.72. The number of carbonyl (C=O) groups excluding carboxylic acids is 1. The Morgan fingerprint density at radius 1 is 1.21 bits per heavy atom. The molecule has 6 heteroatoms. The Morgan fingerprint density at radius 2 is 1.94 bits per heavy atom. The van der Waals surface area contributed by atoms with Crippen LogP contribution in [0.5, 0.6) is 0 Å². The second-order valence-corrected chi connectivity index (χ2v) is 9.99. The van der Waals surface area contributed by atoms with E-state index in [0.29, 0.717) is 36.0 Å². The van der Waals surface area contributed by atoms with Crippen molar-refractivity contribution in [2.45, 2.75) is 51.1 Å². The number of nitrogens with zero attached hydrogens (tertiary/aromatic N) is 1. The number of hydrogen-bond acceptors (Lipinski definition) is 3. The Labute approximate surface area is 207 Å². The molecule has 0 spiro atoms. The number of aliphatic hydroxyl groups is 1. The van der Waals surface area contributed by atoms with Gasteiger partial charge in [0.15, 0.2) is 0 Å². The molecule has 1 aliphatic rings. The molecule has 0 aromatic heterocycles. The number of piperidine rings is 1. The number of halogens is 2. The molecule has 0 saturated carbocycles. The van der Waals surface area contributed by atoms with E-state index in [1.165, 1.54) is 0 Å². The van der Waals surface area contributed by atoms with Crippen molar-refractivity contribution in [3.05, 3.63) is 82.4 Å². The molecular weight excluding hydrogens is 455 g/mol. The van der Waals surface area contributed by atoms with E-state index in [-0.39, 0.29) is 30.5 Å². The van der Waals surface area contributed by atoms with Crippen LogP contribution in [0.3, 0.4) is 0 Å². The SMILES string of the molecule is C=CCC1(C)C[C@H](c2cccc(Cl)c2)[C@@H](c2ccc(Cl)cc2)N(C(CC)CNCCO)C1=O. The van der Waals surface area contributed by atoms with Crippen molar-refractivity contribution in [3.63, 3.8) is 0 Å². The van der Waals surface area contributed by atoms with Gasteiger partial charge in [-0.25, -0.2) is 0 Å². The van der Waals surface area contributed by atoms with E-state index in [4.69, 9.17) is 23.2 Å². The molecule has 1 saturated heterocycles. The summed E-state index contributed by atoms with van der Waals surface area (Å²) in [7, 11) is 0. The molecule has 2 aromatic carbocycles. The highest BCUT2D eigenvalue weighted by molar-refractivity contribution is 6.30. The Morgan fingerprint density at radius 3 is 2.55 bits per heavy atom. The second-order valence-electron chi connectivity index (χ2n) is 9.12. The maximum Gasteiger partial charge on any atom is 0.229 e. The fourth-order valence-electron chi connectivity index (χ4n) is 5.08. The van der Waals surface area contributed by atoms with Crippen LogP contribution in [0, 0.1) is 5.41 Å². The average Bonchev–Trinajstić information content (AvgIpc) is 2.80. The number of nitrogens with one attached hydrogen (secondary N) is 1. The molecule has 4 atom stereocenters. The summed E-state index contributed by atoms with van der Waals surface area (Å²) in [6.45, 7) is 9.25. The van der Waals surface area contributed by atoms with Gasteiger partial charge in [-0.1, -0.05) is 67.4 Å². The van der Waals surface area contributed by atoms with E-state index in [9.17, 15) is 9.90 Å². The fraction of sp³-hybridized carbons (Fsp3) is 0.444. The quantitative estimate of drug-likeness (QED) is 0.318. The van der Waals surface area contributed by atoms with Crippen LogP contribution in [-0.4, -0.2) is 41.7 Å². The van der Waals surface area contributed by atoms with Crippen molar-refractivity contribution < 1.29 is 9.90 Å². The minimum atomic E-state index is -0.567. The lowest BCUT2D eigenvalue weighted by Crippen LogP contribution is -2.57. The Balaban J connectivity index is 2.17. The molecule has 1 heterocycles. The first-order valence-corrected chi connectivity index (χ1v) is 12.4. The summed E-state index contributed by atoms with van der Waals surface area (Å²) in [6, 6.07) is 15.6. The standard InChI is InChI=1S/C27H34Cl2N2O2/c1-4-13-27(3)17-24(20-7-6-8-22(29)16-20)25(19-9-11-21(28)12-10-19)31(26(27)33)23(5-2)18-30-14-15-32/h4,6-12,16,23-25,30,32H,1,5,13-15,17-18H2,2-3H3/t23?,24-,25-,27?/m1/s1. The van der Waals surface area contributed by atoms with Crippen LogP contribution in [0.1, 0.15) is 56.2 Å². The first kappa shape index (κ1) is 25.8. The molecule has 2 aromatic rings. The van der Waals surface area contributed by atoms with Crippen molar-refractivity contribution in [1.29, 1.82) is 0 Å². The predicted molar refractivity (Wildman–Crippen MR) is 137 cm³/mol. The summed E-state index contributed by atoms with van der Waals surface area (Å²) in [5.41, 5.74) is 1.61. The first-order chi connectivity index (χ1) is 15.8. The van der Waals surface area contributed by atoms with Crippen LogP contribution in [0.4, 0.5) is 0 Å². The summed E-state index contributed by atoms with van der Waals surface area (Å²) < 4.78 is 0. The molecule has 2 N–H and O–H groups in total. The maximum atomic E-state index is 14.1. The lowest BCUT2D eigenvalue weighted by atomic mass is 9.67. The zero-order valence-electron chi connectivity index (χ0n) is 19.4. The monoisotopic (exact) mass is 488 g/mol. The van der Waals surface area contributed by atoms with Crippen LogP contribution < -0.4 is 5.32 Å². The Hall–Kier alpha value is -1.85. The van der Waals surface area contributed by atoms with E-state index in [0.717, 1.165) is 17.5 Å². The van der Waals surface area contributed by atoms with E-state index in [1.54, 1.807) is 0 Å². The number of amides is 1. The van der Waals surface area contributed by atoms with Gasteiger partial charge in [0.05, 0.1) is 18.1 Å². The summed E-state index contributed by atoms with van der Waals surface area (Å²) >= 11 is 12.6. The topological polar surface area (TPSA) is 52.6 Å². The van der Waals surface area contributed by atoms with Crippen LogP contribution >= 0.6 is 23.2 Å². The van der Waals surface area contributed by atoms with Gasteiger partial charge in [-0.15, -0.1) is 6.58 Å². The third-order valence-corrected chi connectivity index (χ3v) is 7.21. The molecule has 33 heavy (non-hydrogen) atoms. The van der Waals surface area contributed by atoms with E-state index in [1.807, 2.05) is 55.5 Å². The molecule has 1 fully saturated rings. The van der Waals surface area contributed by atoms with Gasteiger partial charge < -0.3 is 15.3 Å². The van der Waals surface area contributed by atoms with Gasteiger partial charge in [0.2, 0.25) is 5.91 Å². The zero-order valence-corrected chi connectivity index (χ0v) is 20.9. The van der Waals surface area contributed by atoms with E-state index >= 15 is 0 Å². The van der Waals surface area contributed by atoms with Gasteiger partial charge in [-0.05, 0) is 54.7 Å². The van der Waals surface area contributed by atoms with Gasteiger partial charge in [0.1, 0.15) is 0 Å². The van der Waals surface area contributed by atoms with Gasteiger partial charge in [0, 0.05) is 35.1 Å². The molecule has 1 aliphatic heterocycles. The van der Waals surface area contributed by atoms with Gasteiger partial charge in [0.25, 0.3) is 0 Å². The fourth-order valence-corrected chi connectivity index (χ4v) is 5.40. The van der Waals surface area contributed by atoms with Crippen LogP contribution in [0.2, 0.25) is 10.0 Å². The molecule has 4 nitrogen and oxygen atoms in total. The number of likely N-dealkylation sites (tertiary alicyclic amines) is 1. The van der Waals surface area contributed by atoms with E-state index < -0.39 is 5.41 Å². The number of allylic oxidation sites excluding steroid dienone is 1. The van der Waals surface area contributed by atoms with Crippen molar-refractivity contribution in [1.82, 2.24) is 10.2 Å². The minimum Gasteiger partial charge on any atom is -0.395 e. The molecule has 0 radical (unpaired) electrons. The molecule has 0 bridgehead atoms.